The summed E-state index contributed by atoms with van der Waals surface area (Å²) in [4.78, 5) is 0. The SMILES string of the molecule is CC(C)O.CC(C)O.N. The fourth-order valence-corrected chi connectivity index (χ4v) is 0. The van der Waals surface area contributed by atoms with E-state index in [-0.39, 0.29) is 18.4 Å². The zero-order chi connectivity index (χ0) is 7.15. The van der Waals surface area contributed by atoms with E-state index in [0.717, 1.165) is 0 Å². The van der Waals surface area contributed by atoms with Gasteiger partial charge in [0, 0.05) is 12.2 Å². The van der Waals surface area contributed by atoms with Crippen LogP contribution in [0.5, 0.6) is 0 Å². The molecule has 5 N–H and O–H groups in total. The minimum absolute atomic E-state index is 0. The monoisotopic (exact) mass is 137 g/mol. The Kier molecular flexibility index (Phi) is 19.1. The summed E-state index contributed by atoms with van der Waals surface area (Å²) in [5.74, 6) is 0. The summed E-state index contributed by atoms with van der Waals surface area (Å²) in [5, 5.41) is 16.1. The zero-order valence-electron chi connectivity index (χ0n) is 6.76. The minimum Gasteiger partial charge on any atom is -0.394 e. The van der Waals surface area contributed by atoms with Crippen LogP contribution in [-0.4, -0.2) is 22.4 Å². The summed E-state index contributed by atoms with van der Waals surface area (Å²) in [6.07, 6.45) is -0.333. The molecule has 0 heterocycles. The van der Waals surface area contributed by atoms with E-state index in [4.69, 9.17) is 10.2 Å². The summed E-state index contributed by atoms with van der Waals surface area (Å²) >= 11 is 0. The quantitative estimate of drug-likeness (QED) is 0.465. The molecule has 9 heavy (non-hydrogen) atoms. The molecule has 0 fully saturated rings. The van der Waals surface area contributed by atoms with Gasteiger partial charge in [-0.3, -0.25) is 0 Å². The molecule has 0 aliphatic carbocycles. The maximum atomic E-state index is 8.06. The van der Waals surface area contributed by atoms with Gasteiger partial charge in [-0.15, -0.1) is 0 Å². The highest BCUT2D eigenvalue weighted by molar-refractivity contribution is 4.21. The van der Waals surface area contributed by atoms with Crippen LogP contribution in [0, 0.1) is 0 Å². The van der Waals surface area contributed by atoms with Crippen LogP contribution in [-0.2, 0) is 0 Å². The van der Waals surface area contributed by atoms with Crippen molar-refractivity contribution in [3.05, 3.63) is 0 Å². The first-order chi connectivity index (χ1) is 3.46. The van der Waals surface area contributed by atoms with Crippen LogP contribution in [0.25, 0.3) is 0 Å². The van der Waals surface area contributed by atoms with E-state index in [0.29, 0.717) is 0 Å². The van der Waals surface area contributed by atoms with Gasteiger partial charge in [-0.25, -0.2) is 0 Å². The molecule has 0 rings (SSSR count). The molecule has 3 heteroatoms. The fourth-order valence-electron chi connectivity index (χ4n) is 0. The highest BCUT2D eigenvalue weighted by Gasteiger charge is 1.69. The van der Waals surface area contributed by atoms with Crippen molar-refractivity contribution in [3.8, 4) is 0 Å². The fraction of sp³-hybridized carbons (Fsp3) is 1.00. The molecule has 0 saturated heterocycles. The average molecular weight is 137 g/mol. The highest BCUT2D eigenvalue weighted by atomic mass is 16.3. The summed E-state index contributed by atoms with van der Waals surface area (Å²) in [7, 11) is 0. The van der Waals surface area contributed by atoms with Gasteiger partial charge < -0.3 is 16.4 Å². The second-order valence-corrected chi connectivity index (χ2v) is 2.19. The highest BCUT2D eigenvalue weighted by Crippen LogP contribution is 1.65. The molecule has 0 bridgehead atoms. The predicted molar refractivity (Wildman–Crippen MR) is 39.7 cm³/mol. The lowest BCUT2D eigenvalue weighted by molar-refractivity contribution is 0.215. The molecule has 0 unspecified atom stereocenters. The molecule has 0 aromatic heterocycles. The van der Waals surface area contributed by atoms with Crippen molar-refractivity contribution in [2.75, 3.05) is 0 Å². The van der Waals surface area contributed by atoms with Gasteiger partial charge in [0.25, 0.3) is 0 Å². The molecule has 0 aromatic rings. The number of rotatable bonds is 0. The van der Waals surface area contributed by atoms with Crippen LogP contribution in [0.3, 0.4) is 0 Å². The maximum absolute atomic E-state index is 8.06. The molecule has 0 aliphatic rings. The van der Waals surface area contributed by atoms with E-state index < -0.39 is 0 Å². The van der Waals surface area contributed by atoms with Gasteiger partial charge in [0.1, 0.15) is 0 Å². The normalized spacial score (nSPS) is 8.00. The third kappa shape index (κ3) is 18900. The Balaban J connectivity index is -0.0000000720. The Morgan fingerprint density at radius 1 is 0.778 bits per heavy atom. The number of aliphatic hydroxyl groups is 2. The van der Waals surface area contributed by atoms with Crippen LogP contribution in [0.15, 0.2) is 0 Å². The van der Waals surface area contributed by atoms with Gasteiger partial charge in [0.2, 0.25) is 0 Å². The van der Waals surface area contributed by atoms with Crippen LogP contribution < -0.4 is 6.15 Å². The standard InChI is InChI=1S/2C3H8O.H3N/c2*1-3(2)4;/h2*3-4H,1-2H3;1H3. The third-order valence-electron chi connectivity index (χ3n) is 0. The van der Waals surface area contributed by atoms with E-state index >= 15 is 0 Å². The van der Waals surface area contributed by atoms with Gasteiger partial charge in [-0.2, -0.15) is 0 Å². The molecule has 0 amide bonds. The first kappa shape index (κ1) is 15.9. The average Bonchev–Trinajstić information content (AvgIpc) is 1.25. The third-order valence-corrected chi connectivity index (χ3v) is 0. The predicted octanol–water partition coefficient (Wildman–Crippen LogP) is 0.936. The van der Waals surface area contributed by atoms with Crippen molar-refractivity contribution in [2.24, 2.45) is 0 Å². The second-order valence-electron chi connectivity index (χ2n) is 2.19. The zero-order valence-corrected chi connectivity index (χ0v) is 6.76. The smallest absolute Gasteiger partial charge is 0.0483 e. The Hall–Kier alpha value is -0.120. The van der Waals surface area contributed by atoms with Crippen LogP contribution in [0.2, 0.25) is 0 Å². The molecular weight excluding hydrogens is 118 g/mol. The number of hydrogen-bond acceptors (Lipinski definition) is 3. The molecule has 3 nitrogen and oxygen atoms in total. The van der Waals surface area contributed by atoms with E-state index in [2.05, 4.69) is 0 Å². The Morgan fingerprint density at radius 2 is 0.778 bits per heavy atom. The molecule has 0 atom stereocenters. The largest absolute Gasteiger partial charge is 0.394 e. The van der Waals surface area contributed by atoms with Crippen molar-refractivity contribution in [1.29, 1.82) is 0 Å². The van der Waals surface area contributed by atoms with E-state index in [1.807, 2.05) is 0 Å². The van der Waals surface area contributed by atoms with Crippen molar-refractivity contribution in [1.82, 2.24) is 6.15 Å². The first-order valence-electron chi connectivity index (χ1n) is 2.83. The molecule has 0 aliphatic heterocycles. The Labute approximate surface area is 57.3 Å². The molecule has 0 saturated carbocycles. The molecule has 0 spiro atoms. The lowest BCUT2D eigenvalue weighted by Gasteiger charge is -1.80. The van der Waals surface area contributed by atoms with Crippen molar-refractivity contribution >= 4 is 0 Å². The van der Waals surface area contributed by atoms with E-state index in [9.17, 15) is 0 Å². The lowest BCUT2D eigenvalue weighted by Crippen LogP contribution is -1.85. The summed E-state index contributed by atoms with van der Waals surface area (Å²) in [6.45, 7) is 6.89. The first-order valence-corrected chi connectivity index (χ1v) is 2.83. The summed E-state index contributed by atoms with van der Waals surface area (Å²) in [5.41, 5.74) is 0. The number of aliphatic hydroxyl groups excluding tert-OH is 2. The maximum Gasteiger partial charge on any atom is 0.0483 e. The van der Waals surface area contributed by atoms with Gasteiger partial charge in [-0.05, 0) is 27.7 Å². The lowest BCUT2D eigenvalue weighted by atomic mass is 10.5. The van der Waals surface area contributed by atoms with Crippen molar-refractivity contribution in [2.45, 2.75) is 39.9 Å². The summed E-state index contributed by atoms with van der Waals surface area (Å²) in [6, 6.07) is 0. The van der Waals surface area contributed by atoms with Crippen LogP contribution in [0.4, 0.5) is 0 Å². The van der Waals surface area contributed by atoms with Gasteiger partial charge in [0.15, 0.2) is 0 Å². The van der Waals surface area contributed by atoms with Crippen molar-refractivity contribution in [3.63, 3.8) is 0 Å². The Morgan fingerprint density at radius 3 is 0.778 bits per heavy atom. The minimum atomic E-state index is -0.167. The van der Waals surface area contributed by atoms with Gasteiger partial charge >= 0.3 is 0 Å². The van der Waals surface area contributed by atoms with Crippen molar-refractivity contribution < 1.29 is 10.2 Å². The van der Waals surface area contributed by atoms with Gasteiger partial charge in [-0.1, -0.05) is 0 Å². The number of hydrogen-bond donors (Lipinski definition) is 3. The topological polar surface area (TPSA) is 75.5 Å². The van der Waals surface area contributed by atoms with E-state index in [1.165, 1.54) is 0 Å². The van der Waals surface area contributed by atoms with Gasteiger partial charge in [0.05, 0.1) is 0 Å². The van der Waals surface area contributed by atoms with E-state index in [1.54, 1.807) is 27.7 Å². The van der Waals surface area contributed by atoms with Crippen LogP contribution >= 0.6 is 0 Å². The molecule has 60 valence electrons. The summed E-state index contributed by atoms with van der Waals surface area (Å²) < 4.78 is 0. The second kappa shape index (κ2) is 10.8. The molecule has 0 aromatic carbocycles. The molecule has 0 radical (unpaired) electrons. The Bertz CT molecular complexity index is 26.5. The van der Waals surface area contributed by atoms with Crippen LogP contribution in [0.1, 0.15) is 27.7 Å². The molecular formula is C6H19NO2.